The van der Waals surface area contributed by atoms with Crippen LogP contribution in [0.3, 0.4) is 0 Å². The van der Waals surface area contributed by atoms with Crippen molar-refractivity contribution in [3.05, 3.63) is 0 Å². The Morgan fingerprint density at radius 1 is 1.29 bits per heavy atom. The summed E-state index contributed by atoms with van der Waals surface area (Å²) in [5.41, 5.74) is 6.08. The lowest BCUT2D eigenvalue weighted by Gasteiger charge is -2.33. The van der Waals surface area contributed by atoms with Crippen molar-refractivity contribution in [3.8, 4) is 0 Å². The van der Waals surface area contributed by atoms with Gasteiger partial charge in [-0.2, -0.15) is 0 Å². The van der Waals surface area contributed by atoms with Crippen LogP contribution < -0.4 is 11.1 Å². The largest absolute Gasteiger partial charge is 0.368 e. The molecule has 0 radical (unpaired) electrons. The Labute approximate surface area is 109 Å². The zero-order valence-electron chi connectivity index (χ0n) is 10.2. The van der Waals surface area contributed by atoms with Gasteiger partial charge < -0.3 is 15.8 Å². The van der Waals surface area contributed by atoms with Gasteiger partial charge in [0, 0.05) is 18.7 Å². The molecule has 0 aromatic carbocycles. The number of halogens is 1. The summed E-state index contributed by atoms with van der Waals surface area (Å²) in [7, 11) is 0. The highest BCUT2D eigenvalue weighted by atomic mass is 35.5. The molecule has 1 saturated heterocycles. The highest BCUT2D eigenvalue weighted by Gasteiger charge is 2.30. The van der Waals surface area contributed by atoms with Gasteiger partial charge in [-0.25, -0.2) is 0 Å². The number of hydrogen-bond acceptors (Lipinski definition) is 3. The molecule has 1 aliphatic carbocycles. The standard InChI is InChI=1S/C12H22N2O2.ClH/c13-12(6-2-1-3-7-12)9-14-11(15)10-5-4-8-16-10;/h10H,1-9,13H2,(H,14,15);1H. The molecule has 2 aliphatic rings. The predicted octanol–water partition coefficient (Wildman–Crippen LogP) is 1.36. The first-order valence-corrected chi connectivity index (χ1v) is 6.38. The third-order valence-electron chi connectivity index (χ3n) is 3.69. The van der Waals surface area contributed by atoms with Crippen molar-refractivity contribution >= 4 is 18.3 Å². The summed E-state index contributed by atoms with van der Waals surface area (Å²) >= 11 is 0. The van der Waals surface area contributed by atoms with E-state index in [2.05, 4.69) is 5.32 Å². The molecule has 0 aromatic heterocycles. The molecule has 1 atom stereocenters. The van der Waals surface area contributed by atoms with Crippen molar-refractivity contribution in [1.82, 2.24) is 5.32 Å². The van der Waals surface area contributed by atoms with Gasteiger partial charge in [0.2, 0.25) is 5.91 Å². The lowest BCUT2D eigenvalue weighted by molar-refractivity contribution is -0.130. The molecule has 0 aromatic rings. The van der Waals surface area contributed by atoms with Crippen molar-refractivity contribution in [3.63, 3.8) is 0 Å². The van der Waals surface area contributed by atoms with Gasteiger partial charge in [-0.05, 0) is 25.7 Å². The maximum absolute atomic E-state index is 11.7. The topological polar surface area (TPSA) is 64.3 Å². The van der Waals surface area contributed by atoms with Crippen LogP contribution in [0.4, 0.5) is 0 Å². The smallest absolute Gasteiger partial charge is 0.249 e. The monoisotopic (exact) mass is 262 g/mol. The van der Waals surface area contributed by atoms with Crippen LogP contribution in [0.15, 0.2) is 0 Å². The number of amides is 1. The number of carbonyl (C=O) groups is 1. The molecule has 4 nitrogen and oxygen atoms in total. The van der Waals surface area contributed by atoms with Crippen molar-refractivity contribution < 1.29 is 9.53 Å². The normalized spacial score (nSPS) is 27.2. The molecule has 100 valence electrons. The third kappa shape index (κ3) is 4.12. The van der Waals surface area contributed by atoms with Gasteiger partial charge in [-0.3, -0.25) is 4.79 Å². The second kappa shape index (κ2) is 6.57. The van der Waals surface area contributed by atoms with Crippen LogP contribution in [0, 0.1) is 0 Å². The van der Waals surface area contributed by atoms with Gasteiger partial charge >= 0.3 is 0 Å². The maximum atomic E-state index is 11.7. The van der Waals surface area contributed by atoms with Crippen LogP contribution in [0.25, 0.3) is 0 Å². The van der Waals surface area contributed by atoms with E-state index in [4.69, 9.17) is 10.5 Å². The van der Waals surface area contributed by atoms with E-state index >= 15 is 0 Å². The van der Waals surface area contributed by atoms with Crippen LogP contribution >= 0.6 is 12.4 Å². The quantitative estimate of drug-likeness (QED) is 0.807. The van der Waals surface area contributed by atoms with E-state index in [9.17, 15) is 4.79 Å². The number of ether oxygens (including phenoxy) is 1. The number of carbonyl (C=O) groups excluding carboxylic acids is 1. The van der Waals surface area contributed by atoms with Crippen molar-refractivity contribution in [1.29, 1.82) is 0 Å². The van der Waals surface area contributed by atoms with E-state index < -0.39 is 0 Å². The molecule has 1 heterocycles. The Bertz CT molecular complexity index is 249. The van der Waals surface area contributed by atoms with Gasteiger partial charge in [0.25, 0.3) is 0 Å². The van der Waals surface area contributed by atoms with Crippen LogP contribution in [0.2, 0.25) is 0 Å². The van der Waals surface area contributed by atoms with E-state index in [1.807, 2.05) is 0 Å². The minimum absolute atomic E-state index is 0. The summed E-state index contributed by atoms with van der Waals surface area (Å²) < 4.78 is 5.33. The summed E-state index contributed by atoms with van der Waals surface area (Å²) in [5.74, 6) is 0.0212. The molecule has 1 aliphatic heterocycles. The average Bonchev–Trinajstić information content (AvgIpc) is 2.80. The minimum Gasteiger partial charge on any atom is -0.368 e. The second-order valence-corrected chi connectivity index (χ2v) is 5.14. The molecule has 5 heteroatoms. The zero-order valence-corrected chi connectivity index (χ0v) is 11.1. The van der Waals surface area contributed by atoms with E-state index in [1.54, 1.807) is 0 Å². The lowest BCUT2D eigenvalue weighted by atomic mass is 9.82. The van der Waals surface area contributed by atoms with Gasteiger partial charge in [0.05, 0.1) is 0 Å². The fraction of sp³-hybridized carbons (Fsp3) is 0.917. The van der Waals surface area contributed by atoms with Crippen LogP contribution in [-0.4, -0.2) is 30.7 Å². The minimum atomic E-state index is -0.229. The fourth-order valence-electron chi connectivity index (χ4n) is 2.59. The van der Waals surface area contributed by atoms with Crippen LogP contribution in [0.1, 0.15) is 44.9 Å². The van der Waals surface area contributed by atoms with Gasteiger partial charge in [0.1, 0.15) is 6.10 Å². The molecular formula is C12H23ClN2O2. The zero-order chi connectivity index (χ0) is 11.4. The summed E-state index contributed by atoms with van der Waals surface area (Å²) in [4.78, 5) is 11.7. The first-order valence-electron chi connectivity index (χ1n) is 6.38. The van der Waals surface area contributed by atoms with Crippen molar-refractivity contribution in [2.45, 2.75) is 56.6 Å². The molecule has 0 spiro atoms. The number of nitrogens with two attached hydrogens (primary N) is 1. The molecule has 1 unspecified atom stereocenters. The summed E-state index contributed by atoms with van der Waals surface area (Å²) in [6.45, 7) is 1.32. The first kappa shape index (κ1) is 14.7. The summed E-state index contributed by atoms with van der Waals surface area (Å²) in [6.07, 6.45) is 7.32. The molecule has 1 saturated carbocycles. The molecule has 2 fully saturated rings. The van der Waals surface area contributed by atoms with E-state index in [1.165, 1.54) is 19.3 Å². The Morgan fingerprint density at radius 3 is 2.59 bits per heavy atom. The molecule has 0 bridgehead atoms. The fourth-order valence-corrected chi connectivity index (χ4v) is 2.59. The van der Waals surface area contributed by atoms with Gasteiger partial charge in [-0.1, -0.05) is 19.3 Å². The lowest BCUT2D eigenvalue weighted by Crippen LogP contribution is -2.52. The van der Waals surface area contributed by atoms with Crippen molar-refractivity contribution in [2.24, 2.45) is 5.73 Å². The highest BCUT2D eigenvalue weighted by molar-refractivity contribution is 5.85. The number of rotatable bonds is 3. The van der Waals surface area contributed by atoms with E-state index in [0.29, 0.717) is 13.2 Å². The third-order valence-corrected chi connectivity index (χ3v) is 3.69. The molecular weight excluding hydrogens is 240 g/mol. The Hall–Kier alpha value is -0.320. The Morgan fingerprint density at radius 2 is 2.00 bits per heavy atom. The van der Waals surface area contributed by atoms with E-state index in [0.717, 1.165) is 25.7 Å². The first-order chi connectivity index (χ1) is 7.70. The average molecular weight is 263 g/mol. The van der Waals surface area contributed by atoms with Crippen molar-refractivity contribution in [2.75, 3.05) is 13.2 Å². The summed E-state index contributed by atoms with van der Waals surface area (Å²) in [5, 5.41) is 2.95. The number of nitrogens with one attached hydrogen (secondary N) is 1. The number of hydrogen-bond donors (Lipinski definition) is 2. The molecule has 2 rings (SSSR count). The Kier molecular flexibility index (Phi) is 5.70. The Balaban J connectivity index is 0.00000144. The van der Waals surface area contributed by atoms with E-state index in [-0.39, 0.29) is 30.0 Å². The summed E-state index contributed by atoms with van der Waals surface area (Å²) in [6, 6.07) is 0. The maximum Gasteiger partial charge on any atom is 0.249 e. The van der Waals surface area contributed by atoms with Gasteiger partial charge in [0.15, 0.2) is 0 Å². The molecule has 17 heavy (non-hydrogen) atoms. The van der Waals surface area contributed by atoms with Crippen LogP contribution in [-0.2, 0) is 9.53 Å². The highest BCUT2D eigenvalue weighted by Crippen LogP contribution is 2.25. The second-order valence-electron chi connectivity index (χ2n) is 5.14. The molecule has 3 N–H and O–H groups in total. The van der Waals surface area contributed by atoms with Gasteiger partial charge in [-0.15, -0.1) is 12.4 Å². The molecule has 1 amide bonds. The SMILES string of the molecule is Cl.NC1(CNC(=O)C2CCCO2)CCCCC1. The predicted molar refractivity (Wildman–Crippen MR) is 69.2 cm³/mol. The van der Waals surface area contributed by atoms with Crippen LogP contribution in [0.5, 0.6) is 0 Å².